The summed E-state index contributed by atoms with van der Waals surface area (Å²) >= 11 is 0. The van der Waals surface area contributed by atoms with Crippen LogP contribution >= 0.6 is 0 Å². The van der Waals surface area contributed by atoms with E-state index in [0.717, 1.165) is 40.1 Å². The van der Waals surface area contributed by atoms with Crippen molar-refractivity contribution in [1.29, 1.82) is 0 Å². The number of hydrogen-bond acceptors (Lipinski definition) is 2. The van der Waals surface area contributed by atoms with Crippen LogP contribution in [-0.2, 0) is 4.79 Å². The smallest absolute Gasteiger partial charge is 0.244 e. The second kappa shape index (κ2) is 6.83. The highest BCUT2D eigenvalue weighted by Crippen LogP contribution is 2.55. The SMILES string of the molecule is O=C(/C=C\c1c(-c2ccccc2)nn2ccccc12)NC12CC3CC(CC(C3)C1)C2. The van der Waals surface area contributed by atoms with Gasteiger partial charge in [0, 0.05) is 28.9 Å². The number of amides is 1. The summed E-state index contributed by atoms with van der Waals surface area (Å²) in [6.45, 7) is 0. The summed E-state index contributed by atoms with van der Waals surface area (Å²) in [4.78, 5) is 13.0. The molecule has 7 rings (SSSR count). The van der Waals surface area contributed by atoms with Crippen molar-refractivity contribution in [2.75, 3.05) is 0 Å². The van der Waals surface area contributed by atoms with E-state index in [2.05, 4.69) is 23.5 Å². The summed E-state index contributed by atoms with van der Waals surface area (Å²) in [6, 6.07) is 16.2. The van der Waals surface area contributed by atoms with Crippen molar-refractivity contribution in [3.8, 4) is 11.3 Å². The van der Waals surface area contributed by atoms with Gasteiger partial charge in [0.15, 0.2) is 0 Å². The minimum Gasteiger partial charge on any atom is -0.347 e. The quantitative estimate of drug-likeness (QED) is 0.623. The summed E-state index contributed by atoms with van der Waals surface area (Å²) in [5, 5.41) is 8.22. The maximum atomic E-state index is 13.0. The third-order valence-electron chi connectivity index (χ3n) is 7.45. The standard InChI is InChI=1S/C26H27N3O/c30-24(27-26-15-18-12-19(16-26)14-20(13-18)17-26)10-9-22-23-8-4-5-11-29(23)28-25(22)21-6-2-1-3-7-21/h1-11,18-20H,12-17H2,(H,27,30)/b10-9-. The van der Waals surface area contributed by atoms with Crippen LogP contribution in [0.3, 0.4) is 0 Å². The zero-order chi connectivity index (χ0) is 20.1. The van der Waals surface area contributed by atoms with E-state index in [1.807, 2.05) is 47.1 Å². The highest BCUT2D eigenvalue weighted by atomic mass is 16.1. The summed E-state index contributed by atoms with van der Waals surface area (Å²) in [6.07, 6.45) is 13.3. The third-order valence-corrected chi connectivity index (χ3v) is 7.45. The molecule has 0 radical (unpaired) electrons. The molecule has 4 fully saturated rings. The number of carbonyl (C=O) groups is 1. The fourth-order valence-corrected chi connectivity index (χ4v) is 6.72. The molecule has 4 nitrogen and oxygen atoms in total. The molecular weight excluding hydrogens is 370 g/mol. The lowest BCUT2D eigenvalue weighted by Gasteiger charge is -2.56. The number of carbonyl (C=O) groups excluding carboxylic acids is 1. The van der Waals surface area contributed by atoms with Crippen molar-refractivity contribution in [2.24, 2.45) is 17.8 Å². The third kappa shape index (κ3) is 3.06. The molecule has 1 N–H and O–H groups in total. The van der Waals surface area contributed by atoms with Gasteiger partial charge in [-0.1, -0.05) is 36.4 Å². The van der Waals surface area contributed by atoms with Crippen LogP contribution in [0.15, 0.2) is 60.8 Å². The number of hydrogen-bond donors (Lipinski definition) is 1. The second-order valence-corrected chi connectivity index (χ2v) is 9.68. The number of nitrogens with one attached hydrogen (secondary N) is 1. The number of rotatable bonds is 4. The van der Waals surface area contributed by atoms with E-state index in [0.29, 0.717) is 0 Å². The van der Waals surface area contributed by atoms with Crippen molar-refractivity contribution < 1.29 is 4.79 Å². The number of nitrogens with zero attached hydrogens (tertiary/aromatic N) is 2. The van der Waals surface area contributed by atoms with E-state index in [1.54, 1.807) is 6.08 Å². The van der Waals surface area contributed by atoms with E-state index in [9.17, 15) is 4.79 Å². The van der Waals surface area contributed by atoms with Gasteiger partial charge in [0.05, 0.1) is 5.52 Å². The van der Waals surface area contributed by atoms with Crippen molar-refractivity contribution in [3.63, 3.8) is 0 Å². The van der Waals surface area contributed by atoms with Crippen LogP contribution in [0.25, 0.3) is 22.9 Å². The Kier molecular flexibility index (Phi) is 4.08. The first-order chi connectivity index (χ1) is 14.7. The van der Waals surface area contributed by atoms with Gasteiger partial charge in [-0.15, -0.1) is 0 Å². The van der Waals surface area contributed by atoms with Crippen LogP contribution in [0.1, 0.15) is 44.1 Å². The minimum atomic E-state index is 0.0336. The first-order valence-corrected chi connectivity index (χ1v) is 11.2. The number of aromatic nitrogens is 2. The Hall–Kier alpha value is -2.88. The van der Waals surface area contributed by atoms with E-state index >= 15 is 0 Å². The molecule has 0 saturated heterocycles. The molecule has 0 atom stereocenters. The van der Waals surface area contributed by atoms with Crippen molar-refractivity contribution in [3.05, 3.63) is 66.4 Å². The molecule has 3 aromatic rings. The maximum Gasteiger partial charge on any atom is 0.244 e. The topological polar surface area (TPSA) is 46.4 Å². The van der Waals surface area contributed by atoms with E-state index in [-0.39, 0.29) is 11.4 Å². The molecule has 4 saturated carbocycles. The second-order valence-electron chi connectivity index (χ2n) is 9.68. The van der Waals surface area contributed by atoms with Crippen LogP contribution < -0.4 is 5.32 Å². The van der Waals surface area contributed by atoms with Crippen LogP contribution in [0.4, 0.5) is 0 Å². The molecule has 4 heteroatoms. The Morgan fingerprint density at radius 1 is 0.967 bits per heavy atom. The molecule has 30 heavy (non-hydrogen) atoms. The van der Waals surface area contributed by atoms with Crippen LogP contribution in [-0.4, -0.2) is 21.1 Å². The zero-order valence-corrected chi connectivity index (χ0v) is 17.1. The van der Waals surface area contributed by atoms with Gasteiger partial charge < -0.3 is 5.32 Å². The summed E-state index contributed by atoms with van der Waals surface area (Å²) in [5.41, 5.74) is 4.00. The number of fused-ring (bicyclic) bond motifs is 1. The molecule has 0 aliphatic heterocycles. The molecule has 4 aliphatic carbocycles. The number of pyridine rings is 1. The Balaban J connectivity index is 1.29. The molecule has 152 valence electrons. The normalized spacial score (nSPS) is 29.7. The van der Waals surface area contributed by atoms with Gasteiger partial charge >= 0.3 is 0 Å². The average Bonchev–Trinajstić information content (AvgIpc) is 3.10. The predicted molar refractivity (Wildman–Crippen MR) is 119 cm³/mol. The first kappa shape index (κ1) is 17.9. The highest BCUT2D eigenvalue weighted by Gasteiger charge is 2.51. The van der Waals surface area contributed by atoms with Crippen molar-refractivity contribution in [2.45, 2.75) is 44.1 Å². The fraction of sp³-hybridized carbons (Fsp3) is 0.385. The largest absolute Gasteiger partial charge is 0.347 e. The van der Waals surface area contributed by atoms with E-state index in [1.165, 1.54) is 38.5 Å². The van der Waals surface area contributed by atoms with Crippen LogP contribution in [0.5, 0.6) is 0 Å². The van der Waals surface area contributed by atoms with Gasteiger partial charge in [-0.25, -0.2) is 4.52 Å². The molecule has 0 unspecified atom stereocenters. The lowest BCUT2D eigenvalue weighted by atomic mass is 9.53. The van der Waals surface area contributed by atoms with Gasteiger partial charge in [-0.2, -0.15) is 5.10 Å². The molecule has 1 aromatic carbocycles. The summed E-state index contributed by atoms with van der Waals surface area (Å²) in [7, 11) is 0. The Labute approximate surface area is 177 Å². The fourth-order valence-electron chi connectivity index (χ4n) is 6.72. The lowest BCUT2D eigenvalue weighted by Crippen LogP contribution is -2.59. The van der Waals surface area contributed by atoms with E-state index < -0.39 is 0 Å². The van der Waals surface area contributed by atoms with Crippen molar-refractivity contribution in [1.82, 2.24) is 14.9 Å². The number of benzene rings is 1. The van der Waals surface area contributed by atoms with E-state index in [4.69, 9.17) is 5.10 Å². The molecule has 2 aromatic heterocycles. The van der Waals surface area contributed by atoms with Gasteiger partial charge in [0.1, 0.15) is 5.69 Å². The molecule has 2 heterocycles. The molecule has 1 amide bonds. The highest BCUT2D eigenvalue weighted by molar-refractivity contribution is 5.95. The van der Waals surface area contributed by atoms with Crippen LogP contribution in [0, 0.1) is 17.8 Å². The maximum absolute atomic E-state index is 13.0. The Morgan fingerprint density at radius 2 is 1.63 bits per heavy atom. The molecule has 0 spiro atoms. The Bertz CT molecular complexity index is 1090. The average molecular weight is 398 g/mol. The molecular formula is C26H27N3O. The summed E-state index contributed by atoms with van der Waals surface area (Å²) in [5.74, 6) is 2.51. The van der Waals surface area contributed by atoms with Gasteiger partial charge in [-0.05, 0) is 74.5 Å². The Morgan fingerprint density at radius 3 is 2.33 bits per heavy atom. The van der Waals surface area contributed by atoms with Crippen molar-refractivity contribution >= 4 is 17.5 Å². The molecule has 4 aliphatic rings. The monoisotopic (exact) mass is 397 g/mol. The van der Waals surface area contributed by atoms with Gasteiger partial charge in [-0.3, -0.25) is 4.79 Å². The minimum absolute atomic E-state index is 0.0336. The van der Waals surface area contributed by atoms with Gasteiger partial charge in [0.25, 0.3) is 0 Å². The molecule has 4 bridgehead atoms. The first-order valence-electron chi connectivity index (χ1n) is 11.2. The predicted octanol–water partition coefficient (Wildman–Crippen LogP) is 5.10. The van der Waals surface area contributed by atoms with Crippen LogP contribution in [0.2, 0.25) is 0 Å². The lowest BCUT2D eigenvalue weighted by molar-refractivity contribution is -0.122. The summed E-state index contributed by atoms with van der Waals surface area (Å²) < 4.78 is 1.89. The zero-order valence-electron chi connectivity index (χ0n) is 17.1. The van der Waals surface area contributed by atoms with Gasteiger partial charge in [0.2, 0.25) is 5.91 Å².